The lowest BCUT2D eigenvalue weighted by Gasteiger charge is -2.38. The third-order valence-electron chi connectivity index (χ3n) is 6.24. The highest BCUT2D eigenvalue weighted by atomic mass is 16.2. The van der Waals surface area contributed by atoms with Gasteiger partial charge in [-0.05, 0) is 49.6 Å². The van der Waals surface area contributed by atoms with E-state index in [2.05, 4.69) is 28.1 Å². The number of aromatic nitrogens is 3. The number of H-pyrrole nitrogens is 1. The Kier molecular flexibility index (Phi) is 7.14. The van der Waals surface area contributed by atoms with Gasteiger partial charge >= 0.3 is 0 Å². The molecule has 5 rings (SSSR count). The lowest BCUT2D eigenvalue weighted by atomic mass is 10.1. The predicted molar refractivity (Wildman–Crippen MR) is 141 cm³/mol. The minimum Gasteiger partial charge on any atom is -0.368 e. The van der Waals surface area contributed by atoms with Crippen molar-refractivity contribution in [2.45, 2.75) is 19.8 Å². The Balaban J connectivity index is 0.000000286. The molecule has 0 unspecified atom stereocenters. The molecule has 0 radical (unpaired) electrons. The lowest BCUT2D eigenvalue weighted by Crippen LogP contribution is -2.43. The van der Waals surface area contributed by atoms with Crippen LogP contribution in [0.1, 0.15) is 18.4 Å². The van der Waals surface area contributed by atoms with E-state index in [0.717, 1.165) is 42.9 Å². The van der Waals surface area contributed by atoms with Gasteiger partial charge in [0.25, 0.3) is 11.5 Å². The number of pyridine rings is 1. The number of fused-ring (bicyclic) bond motifs is 2. The number of nitrogens with one attached hydrogen (secondary N) is 1. The number of hydrogen-bond donors (Lipinski definition) is 2. The second-order valence-corrected chi connectivity index (χ2v) is 8.54. The van der Waals surface area contributed by atoms with Gasteiger partial charge in [-0.3, -0.25) is 14.4 Å². The Labute approximate surface area is 208 Å². The molecule has 3 aromatic rings. The molecule has 186 valence electrons. The number of benzene rings is 1. The molecule has 2 aliphatic rings. The number of carbonyl (C=O) groups is 2. The molecule has 0 bridgehead atoms. The molecule has 4 heterocycles. The van der Waals surface area contributed by atoms with Gasteiger partial charge in [0.15, 0.2) is 0 Å². The van der Waals surface area contributed by atoms with E-state index in [4.69, 9.17) is 5.73 Å². The maximum absolute atomic E-state index is 12.7. The number of likely N-dealkylation sites (tertiary alicyclic amines) is 1. The monoisotopic (exact) mass is 487 g/mol. The van der Waals surface area contributed by atoms with Crippen LogP contribution >= 0.6 is 0 Å². The highest BCUT2D eigenvalue weighted by Gasteiger charge is 2.29. The van der Waals surface area contributed by atoms with Gasteiger partial charge in [-0.1, -0.05) is 25.3 Å². The molecule has 10 nitrogen and oxygen atoms in total. The number of hydrogen-bond acceptors (Lipinski definition) is 7. The quantitative estimate of drug-likeness (QED) is 0.544. The second-order valence-electron chi connectivity index (χ2n) is 8.54. The maximum atomic E-state index is 12.7. The van der Waals surface area contributed by atoms with Crippen molar-refractivity contribution in [2.75, 3.05) is 41.7 Å². The van der Waals surface area contributed by atoms with E-state index in [9.17, 15) is 14.4 Å². The topological polar surface area (TPSA) is 129 Å². The summed E-state index contributed by atoms with van der Waals surface area (Å²) < 4.78 is 0. The van der Waals surface area contributed by atoms with Crippen molar-refractivity contribution >= 4 is 45.9 Å². The predicted octanol–water partition coefficient (Wildman–Crippen LogP) is 2.67. The van der Waals surface area contributed by atoms with E-state index < -0.39 is 0 Å². The first-order valence-corrected chi connectivity index (χ1v) is 11.7. The van der Waals surface area contributed by atoms with Crippen molar-refractivity contribution < 1.29 is 9.59 Å². The molecule has 3 N–H and O–H groups in total. The highest BCUT2D eigenvalue weighted by molar-refractivity contribution is 6.05. The maximum Gasteiger partial charge on any atom is 0.273 e. The number of nitrogens with two attached hydrogens (primary N) is 1. The third-order valence-corrected chi connectivity index (χ3v) is 6.24. The average molecular weight is 488 g/mol. The number of para-hydroxylation sites is 1. The molecule has 1 aromatic carbocycles. The summed E-state index contributed by atoms with van der Waals surface area (Å²) in [5, 5.41) is 0.678. The minimum atomic E-state index is -0.281. The number of rotatable bonds is 3. The van der Waals surface area contributed by atoms with E-state index in [1.54, 1.807) is 17.2 Å². The van der Waals surface area contributed by atoms with Crippen molar-refractivity contribution in [1.29, 1.82) is 0 Å². The Bertz CT molecular complexity index is 1390. The van der Waals surface area contributed by atoms with Crippen LogP contribution in [-0.2, 0) is 9.59 Å². The van der Waals surface area contributed by atoms with Crippen molar-refractivity contribution in [3.8, 4) is 0 Å². The number of amides is 2. The summed E-state index contributed by atoms with van der Waals surface area (Å²) in [6.07, 6.45) is 6.56. The van der Waals surface area contributed by atoms with Gasteiger partial charge in [0.05, 0.1) is 11.4 Å². The van der Waals surface area contributed by atoms with Crippen LogP contribution in [0.2, 0.25) is 0 Å². The molecule has 0 saturated carbocycles. The summed E-state index contributed by atoms with van der Waals surface area (Å²) in [6, 6.07) is 7.48. The van der Waals surface area contributed by atoms with E-state index in [0.29, 0.717) is 29.8 Å². The first-order chi connectivity index (χ1) is 17.3. The molecule has 0 spiro atoms. The zero-order chi connectivity index (χ0) is 25.8. The van der Waals surface area contributed by atoms with Crippen LogP contribution in [0.15, 0.2) is 60.6 Å². The fourth-order valence-corrected chi connectivity index (χ4v) is 4.49. The molecule has 0 atom stereocenters. The van der Waals surface area contributed by atoms with Crippen molar-refractivity contribution in [2.24, 2.45) is 0 Å². The van der Waals surface area contributed by atoms with Gasteiger partial charge in [-0.15, -0.1) is 0 Å². The number of carbonyl (C=O) groups excluding carboxylic acids is 2. The fourth-order valence-electron chi connectivity index (χ4n) is 4.49. The van der Waals surface area contributed by atoms with E-state index >= 15 is 0 Å². The van der Waals surface area contributed by atoms with E-state index in [-0.39, 0.29) is 23.3 Å². The molecule has 36 heavy (non-hydrogen) atoms. The Hall–Kier alpha value is -4.47. The molecular formula is C26H29N7O3. The summed E-state index contributed by atoms with van der Waals surface area (Å²) in [4.78, 5) is 52.1. The van der Waals surface area contributed by atoms with Crippen molar-refractivity contribution in [1.82, 2.24) is 19.9 Å². The molecule has 2 aliphatic heterocycles. The van der Waals surface area contributed by atoms with Crippen LogP contribution in [0.25, 0.3) is 11.0 Å². The molecule has 1 saturated heterocycles. The largest absolute Gasteiger partial charge is 0.368 e. The molecule has 1 fully saturated rings. The summed E-state index contributed by atoms with van der Waals surface area (Å²) >= 11 is 0. The Morgan fingerprint density at radius 2 is 1.78 bits per heavy atom. The first-order valence-electron chi connectivity index (χ1n) is 11.7. The number of aromatic amines is 1. The highest BCUT2D eigenvalue weighted by Crippen LogP contribution is 2.39. The third kappa shape index (κ3) is 4.83. The Morgan fingerprint density at radius 1 is 1.06 bits per heavy atom. The molecule has 0 aliphatic carbocycles. The van der Waals surface area contributed by atoms with Crippen molar-refractivity contribution in [3.63, 3.8) is 0 Å². The normalized spacial score (nSPS) is 14.6. The van der Waals surface area contributed by atoms with Crippen LogP contribution in [0.3, 0.4) is 0 Å². The molecule has 2 amide bonds. The van der Waals surface area contributed by atoms with Crippen LogP contribution in [0.4, 0.5) is 23.0 Å². The van der Waals surface area contributed by atoms with Gasteiger partial charge in [0.2, 0.25) is 11.9 Å². The summed E-state index contributed by atoms with van der Waals surface area (Å²) in [6.45, 7) is 11.7. The van der Waals surface area contributed by atoms with E-state index in [1.165, 1.54) is 12.2 Å². The minimum absolute atomic E-state index is 0.0764. The smallest absolute Gasteiger partial charge is 0.273 e. The number of anilines is 4. The summed E-state index contributed by atoms with van der Waals surface area (Å²) in [7, 11) is 0. The number of nitrogens with zero attached hydrogens (tertiary/aromatic N) is 5. The average Bonchev–Trinajstić information content (AvgIpc) is 3.43. The van der Waals surface area contributed by atoms with Gasteiger partial charge in [0, 0.05) is 37.8 Å². The standard InChI is InChI=1S/C19H18N6O2.C7H11NO/c1-3-15(26)25-8-7-24(13-6-4-5-11(2)16(13)25)14-9-12-10-21-19(20)23-17(12)22-18(14)27;1-2-7(9)8-5-3-4-6-8/h3-6,9-10H,1,7-8H2,2H3,(H3,20,21,22,23,27);2H,1,3-6H2. The van der Waals surface area contributed by atoms with Gasteiger partial charge in [0.1, 0.15) is 11.3 Å². The van der Waals surface area contributed by atoms with E-state index in [1.807, 2.05) is 34.9 Å². The van der Waals surface area contributed by atoms with Gasteiger partial charge < -0.3 is 25.4 Å². The van der Waals surface area contributed by atoms with Gasteiger partial charge in [-0.25, -0.2) is 4.98 Å². The zero-order valence-electron chi connectivity index (χ0n) is 20.2. The SMILES string of the molecule is C=CC(=O)N1CCCC1.C=CC(=O)N1CCN(c2cc3cnc(N)nc3[nH]c2=O)c2cccc(C)c21. The van der Waals surface area contributed by atoms with Crippen LogP contribution in [0, 0.1) is 6.92 Å². The van der Waals surface area contributed by atoms with Crippen LogP contribution in [-0.4, -0.2) is 57.8 Å². The molecular weight excluding hydrogens is 458 g/mol. The first kappa shape index (κ1) is 24.6. The Morgan fingerprint density at radius 3 is 2.47 bits per heavy atom. The second kappa shape index (κ2) is 10.4. The molecule has 10 heteroatoms. The fraction of sp³-hybridized carbons (Fsp3) is 0.269. The van der Waals surface area contributed by atoms with Crippen LogP contribution in [0.5, 0.6) is 0 Å². The van der Waals surface area contributed by atoms with Gasteiger partial charge in [-0.2, -0.15) is 4.98 Å². The van der Waals surface area contributed by atoms with Crippen LogP contribution < -0.4 is 21.1 Å². The lowest BCUT2D eigenvalue weighted by molar-refractivity contribution is -0.125. The number of aryl methyl sites for hydroxylation is 1. The number of nitrogen functional groups attached to an aromatic ring is 1. The summed E-state index contributed by atoms with van der Waals surface area (Å²) in [5.74, 6) is 0.0115. The van der Waals surface area contributed by atoms with Crippen molar-refractivity contribution in [3.05, 3.63) is 71.7 Å². The summed E-state index contributed by atoms with van der Waals surface area (Å²) in [5.41, 5.74) is 8.68. The zero-order valence-corrected chi connectivity index (χ0v) is 20.2. The molecule has 2 aromatic heterocycles.